The molecule has 4 heteroatoms. The molecule has 1 aliphatic heterocycles. The SMILES string of the molecule is ClCNCCc1ccc2c(c1)OCCO2. The van der Waals surface area contributed by atoms with E-state index in [0.29, 0.717) is 19.2 Å². The van der Waals surface area contributed by atoms with Crippen LogP contribution < -0.4 is 14.8 Å². The average molecular weight is 228 g/mol. The molecule has 0 aromatic heterocycles. The van der Waals surface area contributed by atoms with Gasteiger partial charge in [0.15, 0.2) is 11.5 Å². The molecule has 0 atom stereocenters. The maximum atomic E-state index is 5.53. The van der Waals surface area contributed by atoms with Gasteiger partial charge in [0.25, 0.3) is 0 Å². The molecule has 0 saturated heterocycles. The average Bonchev–Trinajstić information content (AvgIpc) is 2.29. The van der Waals surface area contributed by atoms with E-state index in [0.717, 1.165) is 24.5 Å². The number of nitrogens with one attached hydrogen (secondary N) is 1. The van der Waals surface area contributed by atoms with Crippen LogP contribution in [0, 0.1) is 0 Å². The summed E-state index contributed by atoms with van der Waals surface area (Å²) in [5.74, 6) is 1.69. The highest BCUT2D eigenvalue weighted by Gasteiger charge is 2.11. The van der Waals surface area contributed by atoms with Gasteiger partial charge in [0.1, 0.15) is 13.2 Å². The van der Waals surface area contributed by atoms with E-state index in [4.69, 9.17) is 21.1 Å². The van der Waals surface area contributed by atoms with E-state index in [1.165, 1.54) is 5.56 Å². The predicted octanol–water partition coefficient (Wildman–Crippen LogP) is 1.79. The topological polar surface area (TPSA) is 30.5 Å². The zero-order chi connectivity index (χ0) is 10.5. The van der Waals surface area contributed by atoms with Crippen LogP contribution in [0.4, 0.5) is 0 Å². The van der Waals surface area contributed by atoms with Gasteiger partial charge in [-0.15, -0.1) is 11.6 Å². The first kappa shape index (κ1) is 10.6. The molecule has 0 unspecified atom stereocenters. The van der Waals surface area contributed by atoms with Gasteiger partial charge in [0.05, 0.1) is 6.00 Å². The largest absolute Gasteiger partial charge is 0.486 e. The van der Waals surface area contributed by atoms with Gasteiger partial charge in [-0.25, -0.2) is 0 Å². The van der Waals surface area contributed by atoms with Gasteiger partial charge in [-0.2, -0.15) is 0 Å². The summed E-state index contributed by atoms with van der Waals surface area (Å²) in [5.41, 5.74) is 1.23. The monoisotopic (exact) mass is 227 g/mol. The van der Waals surface area contributed by atoms with E-state index in [1.807, 2.05) is 12.1 Å². The minimum Gasteiger partial charge on any atom is -0.486 e. The second-order valence-corrected chi connectivity index (χ2v) is 3.63. The highest BCUT2D eigenvalue weighted by atomic mass is 35.5. The number of fused-ring (bicyclic) bond motifs is 1. The van der Waals surface area contributed by atoms with Crippen LogP contribution in [0.25, 0.3) is 0 Å². The van der Waals surface area contributed by atoms with Crippen molar-refractivity contribution < 1.29 is 9.47 Å². The fraction of sp³-hybridized carbons (Fsp3) is 0.455. The number of benzene rings is 1. The minimum absolute atomic E-state index is 0.491. The molecular weight excluding hydrogens is 214 g/mol. The van der Waals surface area contributed by atoms with Crippen LogP contribution in [-0.2, 0) is 6.42 Å². The summed E-state index contributed by atoms with van der Waals surface area (Å²) < 4.78 is 10.9. The molecule has 0 radical (unpaired) electrons. The van der Waals surface area contributed by atoms with E-state index in [1.54, 1.807) is 0 Å². The number of hydrogen-bond donors (Lipinski definition) is 1. The van der Waals surface area contributed by atoms with Gasteiger partial charge >= 0.3 is 0 Å². The van der Waals surface area contributed by atoms with Crippen LogP contribution in [0.1, 0.15) is 5.56 Å². The molecule has 82 valence electrons. The Balaban J connectivity index is 2.00. The van der Waals surface area contributed by atoms with Gasteiger partial charge in [-0.3, -0.25) is 0 Å². The molecule has 0 aliphatic carbocycles. The lowest BCUT2D eigenvalue weighted by Gasteiger charge is -2.18. The molecule has 0 amide bonds. The van der Waals surface area contributed by atoms with E-state index >= 15 is 0 Å². The lowest BCUT2D eigenvalue weighted by atomic mass is 10.1. The van der Waals surface area contributed by atoms with Crippen molar-refractivity contribution in [1.82, 2.24) is 5.32 Å². The van der Waals surface area contributed by atoms with Crippen molar-refractivity contribution in [3.8, 4) is 11.5 Å². The number of alkyl halides is 1. The van der Waals surface area contributed by atoms with Crippen molar-refractivity contribution >= 4 is 11.6 Å². The van der Waals surface area contributed by atoms with Gasteiger partial charge in [-0.05, 0) is 24.1 Å². The Hall–Kier alpha value is -0.930. The van der Waals surface area contributed by atoms with Crippen molar-refractivity contribution in [2.75, 3.05) is 25.8 Å². The Morgan fingerprint density at radius 2 is 2.00 bits per heavy atom. The van der Waals surface area contributed by atoms with Crippen LogP contribution in [0.2, 0.25) is 0 Å². The molecule has 1 heterocycles. The zero-order valence-electron chi connectivity index (χ0n) is 8.46. The Morgan fingerprint density at radius 1 is 1.20 bits per heavy atom. The molecule has 0 saturated carbocycles. The van der Waals surface area contributed by atoms with E-state index in [2.05, 4.69) is 11.4 Å². The van der Waals surface area contributed by atoms with Crippen LogP contribution in [0.5, 0.6) is 11.5 Å². The van der Waals surface area contributed by atoms with E-state index < -0.39 is 0 Å². The summed E-state index contributed by atoms with van der Waals surface area (Å²) >= 11 is 5.53. The lowest BCUT2D eigenvalue weighted by Crippen LogP contribution is -2.17. The Kier molecular flexibility index (Phi) is 3.69. The Bertz CT molecular complexity index is 330. The number of hydrogen-bond acceptors (Lipinski definition) is 3. The fourth-order valence-electron chi connectivity index (χ4n) is 1.54. The smallest absolute Gasteiger partial charge is 0.161 e. The summed E-state index contributed by atoms with van der Waals surface area (Å²) in [6.45, 7) is 2.15. The Labute approximate surface area is 94.3 Å². The third-order valence-corrected chi connectivity index (χ3v) is 2.48. The van der Waals surface area contributed by atoms with Crippen molar-refractivity contribution in [2.24, 2.45) is 0 Å². The molecule has 0 spiro atoms. The van der Waals surface area contributed by atoms with Gasteiger partial charge < -0.3 is 14.8 Å². The molecule has 3 nitrogen and oxygen atoms in total. The van der Waals surface area contributed by atoms with Crippen molar-refractivity contribution in [1.29, 1.82) is 0 Å². The molecule has 1 aliphatic rings. The maximum Gasteiger partial charge on any atom is 0.161 e. The molecule has 1 aromatic rings. The summed E-state index contributed by atoms with van der Waals surface area (Å²) in [5, 5.41) is 3.07. The third kappa shape index (κ3) is 2.76. The fourth-order valence-corrected chi connectivity index (χ4v) is 1.68. The molecule has 15 heavy (non-hydrogen) atoms. The molecule has 1 aromatic carbocycles. The summed E-state index contributed by atoms with van der Waals surface area (Å²) in [6, 6.07) is 6.54. The zero-order valence-corrected chi connectivity index (χ0v) is 9.22. The van der Waals surface area contributed by atoms with Crippen molar-refractivity contribution in [2.45, 2.75) is 6.42 Å². The molecular formula is C11H14ClNO2. The standard InChI is InChI=1S/C11H14ClNO2/c12-8-13-4-3-9-1-2-10-11(7-9)15-6-5-14-10/h1-2,7,13H,3-6,8H2. The molecule has 1 N–H and O–H groups in total. The van der Waals surface area contributed by atoms with Gasteiger partial charge in [0.2, 0.25) is 0 Å². The van der Waals surface area contributed by atoms with Crippen LogP contribution in [-0.4, -0.2) is 25.8 Å². The van der Waals surface area contributed by atoms with Crippen molar-refractivity contribution in [3.05, 3.63) is 23.8 Å². The second-order valence-electron chi connectivity index (χ2n) is 3.36. The van der Waals surface area contributed by atoms with Crippen LogP contribution in [0.3, 0.4) is 0 Å². The molecule has 2 rings (SSSR count). The molecule has 0 fully saturated rings. The highest BCUT2D eigenvalue weighted by molar-refractivity contribution is 6.17. The highest BCUT2D eigenvalue weighted by Crippen LogP contribution is 2.30. The van der Waals surface area contributed by atoms with E-state index in [9.17, 15) is 0 Å². The molecule has 0 bridgehead atoms. The minimum atomic E-state index is 0.491. The number of halogens is 1. The van der Waals surface area contributed by atoms with Crippen LogP contribution in [0.15, 0.2) is 18.2 Å². The first-order valence-corrected chi connectivity index (χ1v) is 5.59. The lowest BCUT2D eigenvalue weighted by molar-refractivity contribution is 0.171. The first-order chi connectivity index (χ1) is 7.40. The van der Waals surface area contributed by atoms with E-state index in [-0.39, 0.29) is 0 Å². The van der Waals surface area contributed by atoms with Gasteiger partial charge in [-0.1, -0.05) is 6.07 Å². The Morgan fingerprint density at radius 3 is 2.80 bits per heavy atom. The van der Waals surface area contributed by atoms with Crippen LogP contribution >= 0.6 is 11.6 Å². The number of ether oxygens (including phenoxy) is 2. The normalized spacial score (nSPS) is 13.9. The summed E-state index contributed by atoms with van der Waals surface area (Å²) in [7, 11) is 0. The van der Waals surface area contributed by atoms with Gasteiger partial charge in [0, 0.05) is 6.54 Å². The quantitative estimate of drug-likeness (QED) is 0.483. The maximum absolute atomic E-state index is 5.53. The first-order valence-electron chi connectivity index (χ1n) is 5.05. The third-order valence-electron chi connectivity index (χ3n) is 2.29. The summed E-state index contributed by atoms with van der Waals surface area (Å²) in [6.07, 6.45) is 0.948. The number of rotatable bonds is 4. The summed E-state index contributed by atoms with van der Waals surface area (Å²) in [4.78, 5) is 0. The predicted molar refractivity (Wildman–Crippen MR) is 59.9 cm³/mol. The second kappa shape index (κ2) is 5.24. The van der Waals surface area contributed by atoms with Crippen molar-refractivity contribution in [3.63, 3.8) is 0 Å².